The van der Waals surface area contributed by atoms with E-state index >= 15 is 0 Å². The van der Waals surface area contributed by atoms with Crippen molar-refractivity contribution in [3.05, 3.63) is 35.4 Å². The maximum atomic E-state index is 5.81. The van der Waals surface area contributed by atoms with E-state index in [1.54, 1.807) is 0 Å². The van der Waals surface area contributed by atoms with E-state index in [0.29, 0.717) is 11.4 Å². The normalized spacial score (nSPS) is 18.7. The molecule has 0 aromatic heterocycles. The number of hydrogen-bond donors (Lipinski definition) is 0. The summed E-state index contributed by atoms with van der Waals surface area (Å²) in [6.07, 6.45) is 0. The van der Waals surface area contributed by atoms with Crippen molar-refractivity contribution in [1.82, 2.24) is 9.80 Å². The zero-order chi connectivity index (χ0) is 13.9. The van der Waals surface area contributed by atoms with Crippen LogP contribution in [0.1, 0.15) is 31.9 Å². The number of halogens is 1. The van der Waals surface area contributed by atoms with Gasteiger partial charge in [-0.3, -0.25) is 9.80 Å². The standard InChI is InChI=1S/C16H25ClN2/c1-16(2,3)19-10-8-18(9-11-19)13-15-6-4-14(12-17)5-7-15/h4-7H,8-13H2,1-3H3. The van der Waals surface area contributed by atoms with Gasteiger partial charge in [-0.1, -0.05) is 24.3 Å². The molecule has 0 aliphatic carbocycles. The highest BCUT2D eigenvalue weighted by Crippen LogP contribution is 2.17. The Hall–Kier alpha value is -0.570. The monoisotopic (exact) mass is 280 g/mol. The Morgan fingerprint density at radius 2 is 1.47 bits per heavy atom. The van der Waals surface area contributed by atoms with E-state index in [0.717, 1.165) is 19.6 Å². The average molecular weight is 281 g/mol. The predicted octanol–water partition coefficient (Wildman–Crippen LogP) is 3.34. The fourth-order valence-electron chi connectivity index (χ4n) is 2.57. The highest BCUT2D eigenvalue weighted by Gasteiger charge is 2.25. The molecule has 0 bridgehead atoms. The van der Waals surface area contributed by atoms with Crippen LogP contribution >= 0.6 is 11.6 Å². The molecule has 0 amide bonds. The summed E-state index contributed by atoms with van der Waals surface area (Å²) in [4.78, 5) is 5.11. The van der Waals surface area contributed by atoms with Crippen LogP contribution in [-0.4, -0.2) is 41.5 Å². The van der Waals surface area contributed by atoms with E-state index < -0.39 is 0 Å². The fraction of sp³-hybridized carbons (Fsp3) is 0.625. The minimum Gasteiger partial charge on any atom is -0.297 e. The minimum atomic E-state index is 0.300. The van der Waals surface area contributed by atoms with Crippen molar-refractivity contribution in [3.63, 3.8) is 0 Å². The fourth-order valence-corrected chi connectivity index (χ4v) is 2.75. The molecule has 19 heavy (non-hydrogen) atoms. The maximum Gasteiger partial charge on any atom is 0.0474 e. The van der Waals surface area contributed by atoms with E-state index in [-0.39, 0.29) is 0 Å². The number of hydrogen-bond acceptors (Lipinski definition) is 2. The number of piperazine rings is 1. The van der Waals surface area contributed by atoms with Crippen molar-refractivity contribution in [3.8, 4) is 0 Å². The summed E-state index contributed by atoms with van der Waals surface area (Å²) in [5, 5.41) is 0. The van der Waals surface area contributed by atoms with Gasteiger partial charge in [-0.05, 0) is 31.9 Å². The molecule has 2 rings (SSSR count). The van der Waals surface area contributed by atoms with Crippen molar-refractivity contribution in [2.75, 3.05) is 26.2 Å². The third-order valence-corrected chi connectivity index (χ3v) is 4.21. The van der Waals surface area contributed by atoms with Crippen molar-refractivity contribution < 1.29 is 0 Å². The van der Waals surface area contributed by atoms with E-state index in [1.165, 1.54) is 24.2 Å². The first kappa shape index (κ1) is 14.8. The van der Waals surface area contributed by atoms with Crippen molar-refractivity contribution in [1.29, 1.82) is 0 Å². The van der Waals surface area contributed by atoms with Gasteiger partial charge in [-0.15, -0.1) is 11.6 Å². The topological polar surface area (TPSA) is 6.48 Å². The second kappa shape index (κ2) is 6.25. The number of nitrogens with zero attached hydrogens (tertiary/aromatic N) is 2. The lowest BCUT2D eigenvalue weighted by Gasteiger charge is -2.42. The van der Waals surface area contributed by atoms with E-state index in [4.69, 9.17) is 11.6 Å². The molecule has 0 atom stereocenters. The Morgan fingerprint density at radius 1 is 0.947 bits per heavy atom. The van der Waals surface area contributed by atoms with Crippen LogP contribution in [0.25, 0.3) is 0 Å². The molecular formula is C16H25ClN2. The third kappa shape index (κ3) is 4.20. The second-order valence-electron chi connectivity index (χ2n) is 6.38. The Morgan fingerprint density at radius 3 is 1.95 bits per heavy atom. The van der Waals surface area contributed by atoms with E-state index in [9.17, 15) is 0 Å². The van der Waals surface area contributed by atoms with E-state index in [1.807, 2.05) is 0 Å². The maximum absolute atomic E-state index is 5.81. The van der Waals surface area contributed by atoms with Gasteiger partial charge in [0.2, 0.25) is 0 Å². The summed E-state index contributed by atoms with van der Waals surface area (Å²) in [6, 6.07) is 8.67. The lowest BCUT2D eigenvalue weighted by atomic mass is 10.0. The van der Waals surface area contributed by atoms with Crippen LogP contribution in [0.2, 0.25) is 0 Å². The lowest BCUT2D eigenvalue weighted by molar-refractivity contribution is 0.0591. The molecule has 1 aliphatic rings. The van der Waals surface area contributed by atoms with Gasteiger partial charge >= 0.3 is 0 Å². The number of rotatable bonds is 3. The molecule has 1 heterocycles. The molecular weight excluding hydrogens is 256 g/mol. The van der Waals surface area contributed by atoms with Gasteiger partial charge in [-0.25, -0.2) is 0 Å². The predicted molar refractivity (Wildman–Crippen MR) is 82.6 cm³/mol. The first-order valence-electron chi connectivity index (χ1n) is 7.10. The average Bonchev–Trinajstić information content (AvgIpc) is 2.39. The first-order chi connectivity index (χ1) is 8.99. The highest BCUT2D eigenvalue weighted by atomic mass is 35.5. The number of alkyl halides is 1. The zero-order valence-electron chi connectivity index (χ0n) is 12.3. The zero-order valence-corrected chi connectivity index (χ0v) is 13.1. The molecule has 1 aromatic rings. The molecule has 3 heteroatoms. The van der Waals surface area contributed by atoms with Gasteiger partial charge < -0.3 is 0 Å². The Kier molecular flexibility index (Phi) is 4.88. The van der Waals surface area contributed by atoms with Gasteiger partial charge in [0.15, 0.2) is 0 Å². The Labute approximate surface area is 122 Å². The third-order valence-electron chi connectivity index (χ3n) is 3.90. The van der Waals surface area contributed by atoms with Gasteiger partial charge in [0.25, 0.3) is 0 Å². The minimum absolute atomic E-state index is 0.300. The summed E-state index contributed by atoms with van der Waals surface area (Å²) in [6.45, 7) is 12.6. The molecule has 0 radical (unpaired) electrons. The molecule has 106 valence electrons. The second-order valence-corrected chi connectivity index (χ2v) is 6.65. The van der Waals surface area contributed by atoms with Crippen LogP contribution in [0.5, 0.6) is 0 Å². The summed E-state index contributed by atoms with van der Waals surface area (Å²) < 4.78 is 0. The Balaban J connectivity index is 1.85. The largest absolute Gasteiger partial charge is 0.297 e. The first-order valence-corrected chi connectivity index (χ1v) is 7.64. The van der Waals surface area contributed by atoms with Crippen molar-refractivity contribution in [2.24, 2.45) is 0 Å². The molecule has 1 saturated heterocycles. The lowest BCUT2D eigenvalue weighted by Crippen LogP contribution is -2.53. The molecule has 1 aromatic carbocycles. The SMILES string of the molecule is CC(C)(C)N1CCN(Cc2ccc(CCl)cc2)CC1. The van der Waals surface area contributed by atoms with Crippen LogP contribution < -0.4 is 0 Å². The molecule has 0 unspecified atom stereocenters. The quantitative estimate of drug-likeness (QED) is 0.784. The van der Waals surface area contributed by atoms with Crippen LogP contribution in [0.3, 0.4) is 0 Å². The van der Waals surface area contributed by atoms with Gasteiger partial charge in [-0.2, -0.15) is 0 Å². The molecule has 0 N–H and O–H groups in total. The summed E-state index contributed by atoms with van der Waals surface area (Å²) in [7, 11) is 0. The summed E-state index contributed by atoms with van der Waals surface area (Å²) >= 11 is 5.81. The van der Waals surface area contributed by atoms with Gasteiger partial charge in [0.1, 0.15) is 0 Å². The van der Waals surface area contributed by atoms with Crippen molar-refractivity contribution in [2.45, 2.75) is 38.7 Å². The van der Waals surface area contributed by atoms with Crippen LogP contribution in [-0.2, 0) is 12.4 Å². The smallest absolute Gasteiger partial charge is 0.0474 e. The van der Waals surface area contributed by atoms with Gasteiger partial charge in [0.05, 0.1) is 0 Å². The van der Waals surface area contributed by atoms with Crippen LogP contribution in [0.15, 0.2) is 24.3 Å². The molecule has 0 saturated carbocycles. The van der Waals surface area contributed by atoms with Crippen LogP contribution in [0, 0.1) is 0 Å². The van der Waals surface area contributed by atoms with Gasteiger partial charge in [0, 0.05) is 44.1 Å². The molecule has 0 spiro atoms. The summed E-state index contributed by atoms with van der Waals surface area (Å²) in [5.41, 5.74) is 2.88. The summed E-state index contributed by atoms with van der Waals surface area (Å²) in [5.74, 6) is 0.602. The molecule has 1 fully saturated rings. The highest BCUT2D eigenvalue weighted by molar-refractivity contribution is 6.17. The molecule has 2 nitrogen and oxygen atoms in total. The molecule has 1 aliphatic heterocycles. The van der Waals surface area contributed by atoms with Crippen molar-refractivity contribution >= 4 is 11.6 Å². The number of benzene rings is 1. The van der Waals surface area contributed by atoms with Crippen LogP contribution in [0.4, 0.5) is 0 Å². The van der Waals surface area contributed by atoms with E-state index in [2.05, 4.69) is 54.8 Å². The Bertz CT molecular complexity index is 386.